The van der Waals surface area contributed by atoms with E-state index in [1.54, 1.807) is 22.9 Å². The minimum atomic E-state index is -0.344. The monoisotopic (exact) mass is 216 g/mol. The van der Waals surface area contributed by atoms with Gasteiger partial charge in [0.15, 0.2) is 0 Å². The van der Waals surface area contributed by atoms with Crippen molar-refractivity contribution < 1.29 is 9.53 Å². The minimum Gasteiger partial charge on any atom is -0.465 e. The zero-order valence-corrected chi connectivity index (χ0v) is 9.23. The van der Waals surface area contributed by atoms with Crippen LogP contribution in [-0.4, -0.2) is 22.9 Å². The molecular weight excluding hydrogens is 204 g/mol. The van der Waals surface area contributed by atoms with Crippen LogP contribution < -0.4 is 0 Å². The fourth-order valence-electron chi connectivity index (χ4n) is 1.68. The molecule has 2 rings (SSSR count). The van der Waals surface area contributed by atoms with Crippen molar-refractivity contribution in [2.75, 3.05) is 7.11 Å². The molecular formula is C12H12N2O2. The molecule has 0 amide bonds. The normalized spacial score (nSPS) is 10.4. The van der Waals surface area contributed by atoms with E-state index in [0.29, 0.717) is 5.56 Å². The van der Waals surface area contributed by atoms with Gasteiger partial charge in [-0.05, 0) is 24.3 Å². The quantitative estimate of drug-likeness (QED) is 0.721. The topological polar surface area (TPSA) is 44.1 Å². The standard InChI is InChI=1S/C12H12N2O2/c1-4-10-9-6-5-8(12(15)16-3)7-11(9)14(2)13-10/h4-7H,1H2,2-3H3. The number of nitrogens with zero attached hydrogens (tertiary/aromatic N) is 2. The van der Waals surface area contributed by atoms with Gasteiger partial charge in [0.25, 0.3) is 0 Å². The number of carbonyl (C=O) groups excluding carboxylic acids is 1. The van der Waals surface area contributed by atoms with Crippen molar-refractivity contribution in [3.05, 3.63) is 36.0 Å². The number of aromatic nitrogens is 2. The molecule has 0 saturated heterocycles. The highest BCUT2D eigenvalue weighted by atomic mass is 16.5. The van der Waals surface area contributed by atoms with Gasteiger partial charge in [-0.25, -0.2) is 4.79 Å². The van der Waals surface area contributed by atoms with E-state index >= 15 is 0 Å². The molecule has 82 valence electrons. The van der Waals surface area contributed by atoms with Gasteiger partial charge in [-0.1, -0.05) is 6.58 Å². The van der Waals surface area contributed by atoms with Crippen LogP contribution in [0, 0.1) is 0 Å². The lowest BCUT2D eigenvalue weighted by Crippen LogP contribution is -2.01. The summed E-state index contributed by atoms with van der Waals surface area (Å²) in [5.41, 5.74) is 2.22. The molecule has 0 fully saturated rings. The predicted octanol–water partition coefficient (Wildman–Crippen LogP) is 2.00. The molecule has 0 aliphatic rings. The molecule has 0 aliphatic heterocycles. The molecule has 1 heterocycles. The highest BCUT2D eigenvalue weighted by Gasteiger charge is 2.10. The van der Waals surface area contributed by atoms with Gasteiger partial charge in [-0.3, -0.25) is 4.68 Å². The highest BCUT2D eigenvalue weighted by Crippen LogP contribution is 2.20. The molecule has 0 spiro atoms. The number of aryl methyl sites for hydroxylation is 1. The van der Waals surface area contributed by atoms with E-state index in [0.717, 1.165) is 16.6 Å². The van der Waals surface area contributed by atoms with Crippen LogP contribution in [0.1, 0.15) is 16.1 Å². The average Bonchev–Trinajstić information content (AvgIpc) is 2.64. The highest BCUT2D eigenvalue weighted by molar-refractivity contribution is 5.96. The largest absolute Gasteiger partial charge is 0.465 e. The third kappa shape index (κ3) is 1.48. The lowest BCUT2D eigenvalue weighted by Gasteiger charge is -1.99. The Labute approximate surface area is 93.1 Å². The van der Waals surface area contributed by atoms with Crippen molar-refractivity contribution in [2.45, 2.75) is 0 Å². The summed E-state index contributed by atoms with van der Waals surface area (Å²) in [4.78, 5) is 11.4. The van der Waals surface area contributed by atoms with E-state index in [2.05, 4.69) is 16.4 Å². The Morgan fingerprint density at radius 3 is 2.94 bits per heavy atom. The van der Waals surface area contributed by atoms with Gasteiger partial charge in [0, 0.05) is 12.4 Å². The summed E-state index contributed by atoms with van der Waals surface area (Å²) in [6.07, 6.45) is 1.69. The van der Waals surface area contributed by atoms with Gasteiger partial charge in [-0.2, -0.15) is 5.10 Å². The Balaban J connectivity index is 2.67. The number of hydrogen-bond donors (Lipinski definition) is 0. The first-order chi connectivity index (χ1) is 7.67. The second-order valence-electron chi connectivity index (χ2n) is 3.44. The fraction of sp³-hybridized carbons (Fsp3) is 0.167. The van der Waals surface area contributed by atoms with Crippen molar-refractivity contribution >= 4 is 22.9 Å². The zero-order chi connectivity index (χ0) is 11.7. The van der Waals surface area contributed by atoms with Crippen LogP contribution in [0.15, 0.2) is 24.8 Å². The van der Waals surface area contributed by atoms with Crippen molar-refractivity contribution in [2.24, 2.45) is 7.05 Å². The van der Waals surface area contributed by atoms with E-state index in [-0.39, 0.29) is 5.97 Å². The van der Waals surface area contributed by atoms with E-state index in [4.69, 9.17) is 0 Å². The number of esters is 1. The number of hydrogen-bond acceptors (Lipinski definition) is 3. The van der Waals surface area contributed by atoms with Crippen LogP contribution in [0.5, 0.6) is 0 Å². The number of benzene rings is 1. The SMILES string of the molecule is C=Cc1nn(C)c2cc(C(=O)OC)ccc12. The van der Waals surface area contributed by atoms with E-state index in [1.165, 1.54) is 7.11 Å². The number of ether oxygens (including phenoxy) is 1. The zero-order valence-electron chi connectivity index (χ0n) is 9.23. The maximum Gasteiger partial charge on any atom is 0.337 e. The molecule has 2 aromatic rings. The van der Waals surface area contributed by atoms with Gasteiger partial charge in [0.2, 0.25) is 0 Å². The molecule has 4 nitrogen and oxygen atoms in total. The molecule has 0 aliphatic carbocycles. The second-order valence-corrected chi connectivity index (χ2v) is 3.44. The van der Waals surface area contributed by atoms with E-state index in [1.807, 2.05) is 13.1 Å². The number of rotatable bonds is 2. The Hall–Kier alpha value is -2.10. The molecule has 0 radical (unpaired) electrons. The van der Waals surface area contributed by atoms with Gasteiger partial charge < -0.3 is 4.74 Å². The van der Waals surface area contributed by atoms with E-state index < -0.39 is 0 Å². The average molecular weight is 216 g/mol. The second kappa shape index (κ2) is 3.81. The smallest absolute Gasteiger partial charge is 0.337 e. The Kier molecular flexibility index (Phi) is 2.48. The van der Waals surface area contributed by atoms with Crippen LogP contribution in [0.25, 0.3) is 17.0 Å². The Bertz CT molecular complexity index is 570. The van der Waals surface area contributed by atoms with Crippen LogP contribution in [0.2, 0.25) is 0 Å². The molecule has 4 heteroatoms. The van der Waals surface area contributed by atoms with Gasteiger partial charge in [-0.15, -0.1) is 0 Å². The van der Waals surface area contributed by atoms with Gasteiger partial charge in [0.1, 0.15) is 0 Å². The Morgan fingerprint density at radius 2 is 2.31 bits per heavy atom. The summed E-state index contributed by atoms with van der Waals surface area (Å²) in [7, 11) is 3.20. The van der Waals surface area contributed by atoms with Gasteiger partial charge in [0.05, 0.1) is 23.9 Å². The summed E-state index contributed by atoms with van der Waals surface area (Å²) < 4.78 is 6.39. The van der Waals surface area contributed by atoms with Crippen LogP contribution in [-0.2, 0) is 11.8 Å². The predicted molar refractivity (Wildman–Crippen MR) is 62.1 cm³/mol. The molecule has 0 atom stereocenters. The van der Waals surface area contributed by atoms with Crippen molar-refractivity contribution in [1.82, 2.24) is 9.78 Å². The summed E-state index contributed by atoms with van der Waals surface area (Å²) in [6.45, 7) is 3.70. The summed E-state index contributed by atoms with van der Waals surface area (Å²) in [6, 6.07) is 5.34. The number of fused-ring (bicyclic) bond motifs is 1. The third-order valence-electron chi connectivity index (χ3n) is 2.49. The molecule has 0 N–H and O–H groups in total. The van der Waals surface area contributed by atoms with Crippen molar-refractivity contribution in [3.63, 3.8) is 0 Å². The first kappa shape index (κ1) is 10.4. The van der Waals surface area contributed by atoms with Crippen LogP contribution in [0.3, 0.4) is 0 Å². The van der Waals surface area contributed by atoms with Crippen molar-refractivity contribution in [1.29, 1.82) is 0 Å². The maximum atomic E-state index is 11.4. The van der Waals surface area contributed by atoms with Crippen LogP contribution >= 0.6 is 0 Å². The number of methoxy groups -OCH3 is 1. The minimum absolute atomic E-state index is 0.344. The molecule has 0 saturated carbocycles. The summed E-state index contributed by atoms with van der Waals surface area (Å²) in [5, 5.41) is 5.26. The summed E-state index contributed by atoms with van der Waals surface area (Å²) >= 11 is 0. The maximum absolute atomic E-state index is 11.4. The molecule has 0 unspecified atom stereocenters. The first-order valence-corrected chi connectivity index (χ1v) is 4.85. The fourth-order valence-corrected chi connectivity index (χ4v) is 1.68. The molecule has 1 aromatic carbocycles. The van der Waals surface area contributed by atoms with Crippen LogP contribution in [0.4, 0.5) is 0 Å². The van der Waals surface area contributed by atoms with Crippen molar-refractivity contribution in [3.8, 4) is 0 Å². The van der Waals surface area contributed by atoms with Gasteiger partial charge >= 0.3 is 5.97 Å². The summed E-state index contributed by atoms with van der Waals surface area (Å²) in [5.74, 6) is -0.344. The lowest BCUT2D eigenvalue weighted by atomic mass is 10.1. The first-order valence-electron chi connectivity index (χ1n) is 4.85. The molecule has 16 heavy (non-hydrogen) atoms. The Morgan fingerprint density at radius 1 is 1.56 bits per heavy atom. The molecule has 0 bridgehead atoms. The lowest BCUT2D eigenvalue weighted by molar-refractivity contribution is 0.0601. The third-order valence-corrected chi connectivity index (χ3v) is 2.49. The molecule has 1 aromatic heterocycles. The van der Waals surface area contributed by atoms with E-state index in [9.17, 15) is 4.79 Å². The number of carbonyl (C=O) groups is 1.